The molecule has 1 heterocycles. The second kappa shape index (κ2) is 5.83. The van der Waals surface area contributed by atoms with E-state index >= 15 is 0 Å². The molecule has 2 rings (SSSR count). The number of fused-ring (bicyclic) bond motifs is 1. The van der Waals surface area contributed by atoms with Gasteiger partial charge in [0.05, 0.1) is 6.61 Å². The number of hydrogen-bond donors (Lipinski definition) is 1. The van der Waals surface area contributed by atoms with Crippen LogP contribution in [0.4, 0.5) is 0 Å². The molecule has 0 saturated heterocycles. The lowest BCUT2D eigenvalue weighted by molar-refractivity contribution is 0.119. The van der Waals surface area contributed by atoms with Crippen molar-refractivity contribution in [2.75, 3.05) is 6.61 Å². The van der Waals surface area contributed by atoms with Crippen LogP contribution in [0.1, 0.15) is 31.0 Å². The van der Waals surface area contributed by atoms with Crippen molar-refractivity contribution >= 4 is 10.9 Å². The first-order valence-electron chi connectivity index (χ1n) is 6.38. The van der Waals surface area contributed by atoms with Crippen molar-refractivity contribution < 1.29 is 9.84 Å². The van der Waals surface area contributed by atoms with E-state index in [-0.39, 0.29) is 5.75 Å². The highest BCUT2D eigenvalue weighted by Gasteiger charge is 2.07. The van der Waals surface area contributed by atoms with Crippen molar-refractivity contribution in [1.29, 1.82) is 0 Å². The molecule has 0 aliphatic carbocycles. The molecule has 0 atom stereocenters. The summed E-state index contributed by atoms with van der Waals surface area (Å²) in [5.41, 5.74) is 2.64. The van der Waals surface area contributed by atoms with E-state index in [4.69, 9.17) is 4.74 Å². The van der Waals surface area contributed by atoms with Crippen LogP contribution in [-0.4, -0.2) is 16.7 Å². The number of pyridine rings is 1. The lowest BCUT2D eigenvalue weighted by Gasteiger charge is -2.09. The quantitative estimate of drug-likeness (QED) is 0.819. The third kappa shape index (κ3) is 2.79. The van der Waals surface area contributed by atoms with Gasteiger partial charge in [-0.15, -0.1) is 0 Å². The van der Waals surface area contributed by atoms with Crippen LogP contribution in [0.3, 0.4) is 0 Å². The van der Waals surface area contributed by atoms with Gasteiger partial charge in [-0.1, -0.05) is 25.5 Å². The van der Waals surface area contributed by atoms with E-state index in [1.54, 1.807) is 6.07 Å². The molecule has 0 aliphatic heterocycles. The van der Waals surface area contributed by atoms with E-state index in [1.807, 2.05) is 25.1 Å². The maximum atomic E-state index is 9.83. The van der Waals surface area contributed by atoms with Gasteiger partial charge in [0.1, 0.15) is 11.3 Å². The van der Waals surface area contributed by atoms with E-state index in [1.165, 1.54) is 0 Å². The van der Waals surface area contributed by atoms with Crippen LogP contribution in [-0.2, 0) is 11.3 Å². The predicted molar refractivity (Wildman–Crippen MR) is 72.7 cm³/mol. The van der Waals surface area contributed by atoms with Crippen LogP contribution in [0.15, 0.2) is 24.3 Å². The number of ether oxygens (including phenoxy) is 1. The van der Waals surface area contributed by atoms with Gasteiger partial charge in [0.2, 0.25) is 0 Å². The Kier molecular flexibility index (Phi) is 4.15. The molecule has 0 saturated carbocycles. The van der Waals surface area contributed by atoms with E-state index in [0.29, 0.717) is 12.1 Å². The van der Waals surface area contributed by atoms with Crippen molar-refractivity contribution in [3.63, 3.8) is 0 Å². The van der Waals surface area contributed by atoms with Crippen molar-refractivity contribution in [2.45, 2.75) is 33.3 Å². The number of aryl methyl sites for hydroxylation is 1. The van der Waals surface area contributed by atoms with Gasteiger partial charge in [-0.25, -0.2) is 4.98 Å². The Balaban J connectivity index is 2.25. The SMILES string of the molecule is CCCCOCc1ccc(O)c2nc(C)ccc12. The maximum Gasteiger partial charge on any atom is 0.141 e. The second-order valence-corrected chi connectivity index (χ2v) is 4.50. The predicted octanol–water partition coefficient (Wildman–Crippen LogP) is 3.57. The number of aromatic hydroxyl groups is 1. The number of phenols is 1. The Morgan fingerprint density at radius 3 is 2.83 bits per heavy atom. The van der Waals surface area contributed by atoms with Crippen molar-refractivity contribution in [3.8, 4) is 5.75 Å². The topological polar surface area (TPSA) is 42.4 Å². The van der Waals surface area contributed by atoms with Crippen LogP contribution in [0.2, 0.25) is 0 Å². The summed E-state index contributed by atoms with van der Waals surface area (Å²) < 4.78 is 5.63. The molecule has 18 heavy (non-hydrogen) atoms. The summed E-state index contributed by atoms with van der Waals surface area (Å²) in [5.74, 6) is 0.228. The smallest absolute Gasteiger partial charge is 0.141 e. The maximum absolute atomic E-state index is 9.83. The molecule has 3 heteroatoms. The molecule has 96 valence electrons. The molecule has 0 unspecified atom stereocenters. The first kappa shape index (κ1) is 12.8. The first-order valence-corrected chi connectivity index (χ1v) is 6.38. The Hall–Kier alpha value is -1.61. The normalized spacial score (nSPS) is 11.0. The van der Waals surface area contributed by atoms with E-state index in [2.05, 4.69) is 11.9 Å². The zero-order chi connectivity index (χ0) is 13.0. The number of nitrogens with zero attached hydrogens (tertiary/aromatic N) is 1. The highest BCUT2D eigenvalue weighted by atomic mass is 16.5. The molecular weight excluding hydrogens is 226 g/mol. The van der Waals surface area contributed by atoms with Crippen molar-refractivity contribution in [2.24, 2.45) is 0 Å². The van der Waals surface area contributed by atoms with E-state index in [0.717, 1.165) is 36.1 Å². The molecule has 1 aromatic heterocycles. The lowest BCUT2D eigenvalue weighted by atomic mass is 10.1. The number of rotatable bonds is 5. The van der Waals surface area contributed by atoms with E-state index < -0.39 is 0 Å². The first-order chi connectivity index (χ1) is 8.72. The van der Waals surface area contributed by atoms with Crippen LogP contribution in [0.5, 0.6) is 5.75 Å². The lowest BCUT2D eigenvalue weighted by Crippen LogP contribution is -1.97. The van der Waals surface area contributed by atoms with Crippen LogP contribution < -0.4 is 0 Å². The number of benzene rings is 1. The standard InChI is InChI=1S/C15H19NO2/c1-3-4-9-18-10-12-6-8-14(17)15-13(12)7-5-11(2)16-15/h5-8,17H,3-4,9-10H2,1-2H3. The number of aromatic nitrogens is 1. The van der Waals surface area contributed by atoms with Gasteiger partial charge in [-0.2, -0.15) is 0 Å². The Morgan fingerprint density at radius 2 is 2.06 bits per heavy atom. The highest BCUT2D eigenvalue weighted by molar-refractivity contribution is 5.87. The van der Waals surface area contributed by atoms with Crippen LogP contribution in [0.25, 0.3) is 10.9 Å². The zero-order valence-electron chi connectivity index (χ0n) is 10.9. The molecule has 2 aromatic rings. The fourth-order valence-corrected chi connectivity index (χ4v) is 1.91. The molecule has 1 aromatic carbocycles. The summed E-state index contributed by atoms with van der Waals surface area (Å²) in [5, 5.41) is 10.8. The van der Waals surface area contributed by atoms with E-state index in [9.17, 15) is 5.11 Å². The Bertz CT molecular complexity index is 537. The Labute approximate surface area is 107 Å². The largest absolute Gasteiger partial charge is 0.506 e. The average molecular weight is 245 g/mol. The van der Waals surface area contributed by atoms with Crippen molar-refractivity contribution in [1.82, 2.24) is 4.98 Å². The molecule has 0 radical (unpaired) electrons. The van der Waals surface area contributed by atoms with Gasteiger partial charge < -0.3 is 9.84 Å². The molecule has 0 amide bonds. The molecule has 0 aliphatic rings. The van der Waals surface area contributed by atoms with Crippen molar-refractivity contribution in [3.05, 3.63) is 35.5 Å². The summed E-state index contributed by atoms with van der Waals surface area (Å²) in [6.45, 7) is 5.41. The molecule has 0 bridgehead atoms. The van der Waals surface area contributed by atoms with Gasteiger partial charge in [-0.3, -0.25) is 0 Å². The minimum atomic E-state index is 0.228. The molecule has 1 N–H and O–H groups in total. The van der Waals surface area contributed by atoms with Crippen LogP contribution >= 0.6 is 0 Å². The minimum Gasteiger partial charge on any atom is -0.506 e. The monoisotopic (exact) mass is 245 g/mol. The highest BCUT2D eigenvalue weighted by Crippen LogP contribution is 2.26. The van der Waals surface area contributed by atoms with Gasteiger partial charge in [0.25, 0.3) is 0 Å². The summed E-state index contributed by atoms with van der Waals surface area (Å²) >= 11 is 0. The second-order valence-electron chi connectivity index (χ2n) is 4.50. The van der Waals surface area contributed by atoms with Gasteiger partial charge in [-0.05, 0) is 31.0 Å². The number of hydrogen-bond acceptors (Lipinski definition) is 3. The fraction of sp³-hybridized carbons (Fsp3) is 0.400. The third-order valence-electron chi connectivity index (χ3n) is 2.97. The summed E-state index contributed by atoms with van der Waals surface area (Å²) in [7, 11) is 0. The van der Waals surface area contributed by atoms with Gasteiger partial charge in [0, 0.05) is 17.7 Å². The molecule has 0 spiro atoms. The number of phenolic OH excluding ortho intramolecular Hbond substituents is 1. The van der Waals surface area contributed by atoms with Gasteiger partial charge in [0.15, 0.2) is 0 Å². The molecular formula is C15H19NO2. The summed E-state index contributed by atoms with van der Waals surface area (Å²) in [4.78, 5) is 4.37. The summed E-state index contributed by atoms with van der Waals surface area (Å²) in [6, 6.07) is 7.54. The van der Waals surface area contributed by atoms with Gasteiger partial charge >= 0.3 is 0 Å². The third-order valence-corrected chi connectivity index (χ3v) is 2.97. The average Bonchev–Trinajstić information content (AvgIpc) is 2.37. The minimum absolute atomic E-state index is 0.228. The summed E-state index contributed by atoms with van der Waals surface area (Å²) in [6.07, 6.45) is 2.21. The Morgan fingerprint density at radius 1 is 1.22 bits per heavy atom. The zero-order valence-corrected chi connectivity index (χ0v) is 10.9. The van der Waals surface area contributed by atoms with Crippen LogP contribution in [0, 0.1) is 6.92 Å². The molecule has 0 fully saturated rings. The number of unbranched alkanes of at least 4 members (excludes halogenated alkanes) is 1. The fourth-order valence-electron chi connectivity index (χ4n) is 1.91. The molecule has 3 nitrogen and oxygen atoms in total.